The fourth-order valence-electron chi connectivity index (χ4n) is 0.453. The number of carbonyl (C=O) groups is 1. The maximum atomic E-state index is 9.00. The summed E-state index contributed by atoms with van der Waals surface area (Å²) in [6, 6.07) is 9.49. The molecule has 0 aliphatic carbocycles. The summed E-state index contributed by atoms with van der Waals surface area (Å²) in [5.74, 6) is -0.833. The van der Waals surface area contributed by atoms with Gasteiger partial charge in [0.2, 0.25) is 0 Å². The zero-order valence-electron chi connectivity index (χ0n) is 6.32. The minimum Gasteiger partial charge on any atom is -0.481 e. The molecule has 0 amide bonds. The standard InChI is InChI=1S/C6H7N.C2H4O2/c7-6-4-2-1-3-5-6;1-2(3)4/h1-5H,7H2;1H3,(H,3,4). The van der Waals surface area contributed by atoms with Crippen molar-refractivity contribution >= 4 is 11.7 Å². The molecule has 0 aromatic heterocycles. The van der Waals surface area contributed by atoms with Crippen LogP contribution in [-0.2, 0) is 4.79 Å². The molecule has 0 saturated carbocycles. The van der Waals surface area contributed by atoms with E-state index >= 15 is 0 Å². The predicted octanol–water partition coefficient (Wildman–Crippen LogP) is 1.36. The van der Waals surface area contributed by atoms with Crippen LogP contribution >= 0.6 is 0 Å². The smallest absolute Gasteiger partial charge is 0.300 e. The Balaban J connectivity index is 0.000000218. The summed E-state index contributed by atoms with van der Waals surface area (Å²) < 4.78 is 0. The van der Waals surface area contributed by atoms with Gasteiger partial charge in [-0.25, -0.2) is 0 Å². The fraction of sp³-hybridized carbons (Fsp3) is 0.125. The Labute approximate surface area is 65.5 Å². The van der Waals surface area contributed by atoms with Crippen molar-refractivity contribution in [2.24, 2.45) is 0 Å². The SMILES string of the molecule is CC(=O)O.Nc1ccccc1. The van der Waals surface area contributed by atoms with Crippen LogP contribution in [0.3, 0.4) is 0 Å². The highest BCUT2D eigenvalue weighted by molar-refractivity contribution is 5.62. The molecule has 0 atom stereocenters. The summed E-state index contributed by atoms with van der Waals surface area (Å²) in [6.45, 7) is 1.08. The molecule has 1 rings (SSSR count). The van der Waals surface area contributed by atoms with Gasteiger partial charge in [0, 0.05) is 12.6 Å². The van der Waals surface area contributed by atoms with Crippen LogP contribution in [0, 0.1) is 0 Å². The highest BCUT2D eigenvalue weighted by Gasteiger charge is 1.72. The number of aliphatic carboxylic acids is 1. The van der Waals surface area contributed by atoms with E-state index in [0.717, 1.165) is 12.6 Å². The first-order valence-corrected chi connectivity index (χ1v) is 3.13. The van der Waals surface area contributed by atoms with Crippen LogP contribution in [0.25, 0.3) is 0 Å². The van der Waals surface area contributed by atoms with Crippen molar-refractivity contribution in [2.75, 3.05) is 5.73 Å². The molecular weight excluding hydrogens is 142 g/mol. The maximum absolute atomic E-state index is 9.00. The van der Waals surface area contributed by atoms with E-state index in [1.54, 1.807) is 0 Å². The van der Waals surface area contributed by atoms with Crippen molar-refractivity contribution in [2.45, 2.75) is 6.92 Å². The Morgan fingerprint density at radius 3 is 1.91 bits per heavy atom. The number of carboxylic acids is 1. The van der Waals surface area contributed by atoms with Crippen molar-refractivity contribution in [3.8, 4) is 0 Å². The number of para-hydroxylation sites is 1. The van der Waals surface area contributed by atoms with Gasteiger partial charge in [0.1, 0.15) is 0 Å². The summed E-state index contributed by atoms with van der Waals surface area (Å²) in [4.78, 5) is 9.00. The van der Waals surface area contributed by atoms with Crippen LogP contribution in [0.2, 0.25) is 0 Å². The van der Waals surface area contributed by atoms with Gasteiger partial charge >= 0.3 is 0 Å². The van der Waals surface area contributed by atoms with Gasteiger partial charge in [0.25, 0.3) is 5.97 Å². The van der Waals surface area contributed by atoms with E-state index in [-0.39, 0.29) is 0 Å². The van der Waals surface area contributed by atoms with Gasteiger partial charge in [-0.05, 0) is 12.1 Å². The maximum Gasteiger partial charge on any atom is 0.300 e. The van der Waals surface area contributed by atoms with E-state index in [9.17, 15) is 0 Å². The molecule has 0 unspecified atom stereocenters. The number of anilines is 1. The molecule has 1 aromatic rings. The first kappa shape index (κ1) is 9.49. The number of hydrogen-bond donors (Lipinski definition) is 2. The molecule has 0 saturated heterocycles. The molecule has 3 heteroatoms. The van der Waals surface area contributed by atoms with E-state index in [1.165, 1.54) is 0 Å². The first-order valence-electron chi connectivity index (χ1n) is 3.13. The monoisotopic (exact) mass is 153 g/mol. The lowest BCUT2D eigenvalue weighted by atomic mass is 10.3. The average Bonchev–Trinajstić information content (AvgIpc) is 1.87. The van der Waals surface area contributed by atoms with Crippen LogP contribution < -0.4 is 5.73 Å². The normalized spacial score (nSPS) is 7.73. The van der Waals surface area contributed by atoms with Crippen molar-refractivity contribution in [1.82, 2.24) is 0 Å². The van der Waals surface area contributed by atoms with Crippen LogP contribution in [-0.4, -0.2) is 11.1 Å². The second-order valence-electron chi connectivity index (χ2n) is 1.93. The Morgan fingerprint density at radius 2 is 1.73 bits per heavy atom. The van der Waals surface area contributed by atoms with Gasteiger partial charge in [-0.1, -0.05) is 18.2 Å². The Hall–Kier alpha value is -1.51. The van der Waals surface area contributed by atoms with E-state index in [4.69, 9.17) is 15.6 Å². The molecule has 3 nitrogen and oxygen atoms in total. The molecule has 0 bridgehead atoms. The zero-order chi connectivity index (χ0) is 8.69. The quantitative estimate of drug-likeness (QED) is 0.553. The Bertz CT molecular complexity index is 205. The summed E-state index contributed by atoms with van der Waals surface area (Å²) >= 11 is 0. The van der Waals surface area contributed by atoms with E-state index in [0.29, 0.717) is 0 Å². The molecule has 1 aromatic carbocycles. The number of benzene rings is 1. The second-order valence-corrected chi connectivity index (χ2v) is 1.93. The topological polar surface area (TPSA) is 63.3 Å². The summed E-state index contributed by atoms with van der Waals surface area (Å²) in [5.41, 5.74) is 6.18. The lowest BCUT2D eigenvalue weighted by Crippen LogP contribution is -1.79. The van der Waals surface area contributed by atoms with Crippen LogP contribution in [0.1, 0.15) is 6.92 Å². The van der Waals surface area contributed by atoms with Gasteiger partial charge in [0.05, 0.1) is 0 Å². The third kappa shape index (κ3) is 8.49. The van der Waals surface area contributed by atoms with Crippen LogP contribution in [0.15, 0.2) is 30.3 Å². The molecule has 11 heavy (non-hydrogen) atoms. The van der Waals surface area contributed by atoms with E-state index in [1.807, 2.05) is 30.3 Å². The highest BCUT2D eigenvalue weighted by atomic mass is 16.4. The van der Waals surface area contributed by atoms with Gasteiger partial charge in [-0.15, -0.1) is 0 Å². The number of hydrogen-bond acceptors (Lipinski definition) is 2. The molecule has 3 N–H and O–H groups in total. The lowest BCUT2D eigenvalue weighted by molar-refractivity contribution is -0.134. The van der Waals surface area contributed by atoms with Crippen molar-refractivity contribution in [1.29, 1.82) is 0 Å². The first-order chi connectivity index (χ1) is 5.13. The molecule has 0 aliphatic rings. The van der Waals surface area contributed by atoms with Crippen molar-refractivity contribution in [3.63, 3.8) is 0 Å². The van der Waals surface area contributed by atoms with Crippen LogP contribution in [0.5, 0.6) is 0 Å². The lowest BCUT2D eigenvalue weighted by Gasteiger charge is -1.83. The van der Waals surface area contributed by atoms with Crippen molar-refractivity contribution < 1.29 is 9.90 Å². The second kappa shape index (κ2) is 5.29. The van der Waals surface area contributed by atoms with Crippen LogP contribution in [0.4, 0.5) is 5.69 Å². The zero-order valence-corrected chi connectivity index (χ0v) is 6.32. The number of rotatable bonds is 0. The molecule has 0 aliphatic heterocycles. The van der Waals surface area contributed by atoms with Crippen molar-refractivity contribution in [3.05, 3.63) is 30.3 Å². The minimum atomic E-state index is -0.833. The summed E-state index contributed by atoms with van der Waals surface area (Å²) in [7, 11) is 0. The van der Waals surface area contributed by atoms with Gasteiger partial charge < -0.3 is 10.8 Å². The average molecular weight is 153 g/mol. The van der Waals surface area contributed by atoms with Gasteiger partial charge in [-0.3, -0.25) is 4.79 Å². The van der Waals surface area contributed by atoms with Gasteiger partial charge in [0.15, 0.2) is 0 Å². The fourth-order valence-corrected chi connectivity index (χ4v) is 0.453. The Kier molecular flexibility index (Phi) is 4.56. The predicted molar refractivity (Wildman–Crippen MR) is 44.2 cm³/mol. The highest BCUT2D eigenvalue weighted by Crippen LogP contribution is 1.95. The third-order valence-corrected chi connectivity index (χ3v) is 0.800. The van der Waals surface area contributed by atoms with E-state index in [2.05, 4.69) is 0 Å². The molecule has 0 spiro atoms. The molecular formula is C8H11NO2. The number of nitrogen functional groups attached to an aromatic ring is 1. The molecule has 0 heterocycles. The Morgan fingerprint density at radius 1 is 1.36 bits per heavy atom. The number of nitrogens with two attached hydrogens (primary N) is 1. The summed E-state index contributed by atoms with van der Waals surface area (Å²) in [5, 5.41) is 7.42. The minimum absolute atomic E-state index is 0.822. The van der Waals surface area contributed by atoms with Gasteiger partial charge in [-0.2, -0.15) is 0 Å². The van der Waals surface area contributed by atoms with E-state index < -0.39 is 5.97 Å². The summed E-state index contributed by atoms with van der Waals surface area (Å²) in [6.07, 6.45) is 0. The number of carboxylic acid groups (broad SMARTS) is 1. The third-order valence-electron chi connectivity index (χ3n) is 0.800. The largest absolute Gasteiger partial charge is 0.481 e. The molecule has 0 radical (unpaired) electrons. The molecule has 0 fully saturated rings. The molecule has 60 valence electrons.